The van der Waals surface area contributed by atoms with Gasteiger partial charge >= 0.3 is 5.97 Å². The van der Waals surface area contributed by atoms with Gasteiger partial charge in [0.05, 0.1) is 36.3 Å². The fourth-order valence-electron chi connectivity index (χ4n) is 3.41. The number of carbonyl (C=O) groups is 2. The summed E-state index contributed by atoms with van der Waals surface area (Å²) in [6, 6.07) is 12.5. The van der Waals surface area contributed by atoms with Gasteiger partial charge in [0.15, 0.2) is 18.1 Å². The van der Waals surface area contributed by atoms with E-state index in [4.69, 9.17) is 31.1 Å². The summed E-state index contributed by atoms with van der Waals surface area (Å²) < 4.78 is 18.4. The quantitative estimate of drug-likeness (QED) is 0.275. The fourth-order valence-corrected chi connectivity index (χ4v) is 3.67. The molecule has 0 aliphatic heterocycles. The van der Waals surface area contributed by atoms with Gasteiger partial charge in [0.1, 0.15) is 0 Å². The number of Topliss-reactive ketones (excluding diaryl/α,β-unsaturated/α-hetero) is 1. The molecule has 8 heteroatoms. The van der Waals surface area contributed by atoms with Crippen molar-refractivity contribution in [2.45, 2.75) is 33.2 Å². The predicted molar refractivity (Wildman–Crippen MR) is 125 cm³/mol. The number of esters is 1. The molecule has 1 heterocycles. The van der Waals surface area contributed by atoms with Crippen LogP contribution in [-0.4, -0.2) is 36.1 Å². The Hall–Kier alpha value is -3.50. The van der Waals surface area contributed by atoms with Crippen LogP contribution in [0.4, 0.5) is 0 Å². The van der Waals surface area contributed by atoms with Crippen LogP contribution in [0.15, 0.2) is 42.6 Å². The van der Waals surface area contributed by atoms with Crippen molar-refractivity contribution in [1.82, 2.24) is 4.57 Å². The summed E-state index contributed by atoms with van der Waals surface area (Å²) in [5, 5.41) is 9.86. The normalized spacial score (nSPS) is 10.6. The van der Waals surface area contributed by atoms with Gasteiger partial charge in [0, 0.05) is 29.2 Å². The number of benzene rings is 2. The minimum Gasteiger partial charge on any atom is -0.490 e. The second kappa shape index (κ2) is 11.4. The van der Waals surface area contributed by atoms with Gasteiger partial charge in [0.2, 0.25) is 5.78 Å². The molecule has 33 heavy (non-hydrogen) atoms. The van der Waals surface area contributed by atoms with E-state index in [9.17, 15) is 9.59 Å². The van der Waals surface area contributed by atoms with Crippen molar-refractivity contribution in [2.24, 2.45) is 0 Å². The summed E-state index contributed by atoms with van der Waals surface area (Å²) in [5.41, 5.74) is 1.45. The van der Waals surface area contributed by atoms with Crippen LogP contribution < -0.4 is 9.47 Å². The second-order valence-corrected chi connectivity index (χ2v) is 7.63. The predicted octanol–water partition coefficient (Wildman–Crippen LogP) is 5.44. The number of carbonyl (C=O) groups excluding carboxylic acids is 2. The van der Waals surface area contributed by atoms with Crippen LogP contribution in [0.5, 0.6) is 11.5 Å². The second-order valence-electron chi connectivity index (χ2n) is 7.23. The molecule has 7 nitrogen and oxygen atoms in total. The Balaban J connectivity index is 1.77. The van der Waals surface area contributed by atoms with E-state index in [0.29, 0.717) is 43.2 Å². The van der Waals surface area contributed by atoms with Gasteiger partial charge in [-0.15, -0.1) is 0 Å². The van der Waals surface area contributed by atoms with Gasteiger partial charge in [-0.25, -0.2) is 4.79 Å². The maximum atomic E-state index is 12.9. The topological polar surface area (TPSA) is 90.5 Å². The van der Waals surface area contributed by atoms with Crippen molar-refractivity contribution in [3.8, 4) is 17.6 Å². The number of fused-ring (bicyclic) bond motifs is 1. The lowest BCUT2D eigenvalue weighted by atomic mass is 10.1. The lowest BCUT2D eigenvalue weighted by Crippen LogP contribution is -2.14. The van der Waals surface area contributed by atoms with E-state index in [0.717, 1.165) is 17.3 Å². The van der Waals surface area contributed by atoms with E-state index >= 15 is 0 Å². The number of hydrogen-bond donors (Lipinski definition) is 0. The molecule has 0 unspecified atom stereocenters. The third-order valence-electron chi connectivity index (χ3n) is 4.88. The number of para-hydroxylation sites is 1. The van der Waals surface area contributed by atoms with Crippen LogP contribution in [0, 0.1) is 11.3 Å². The SMILES string of the molecule is CCCOc1c(Cl)cc(C(=O)OCC(=O)c2cn(CCC#N)c3ccccc23)cc1OCC. The molecule has 0 N–H and O–H groups in total. The molecule has 0 aliphatic carbocycles. The smallest absolute Gasteiger partial charge is 0.338 e. The zero-order chi connectivity index (χ0) is 23.8. The van der Waals surface area contributed by atoms with Gasteiger partial charge < -0.3 is 18.8 Å². The number of aromatic nitrogens is 1. The third-order valence-corrected chi connectivity index (χ3v) is 5.16. The molecule has 0 fully saturated rings. The highest BCUT2D eigenvalue weighted by Gasteiger charge is 2.20. The van der Waals surface area contributed by atoms with Crippen molar-refractivity contribution in [3.63, 3.8) is 0 Å². The molecule has 0 amide bonds. The minimum absolute atomic E-state index is 0.163. The maximum Gasteiger partial charge on any atom is 0.338 e. The first-order chi connectivity index (χ1) is 16.0. The molecule has 2 aromatic carbocycles. The van der Waals surface area contributed by atoms with Crippen LogP contribution in [0.2, 0.25) is 5.02 Å². The molecule has 0 aliphatic rings. The van der Waals surface area contributed by atoms with Crippen LogP contribution >= 0.6 is 11.6 Å². The summed E-state index contributed by atoms with van der Waals surface area (Å²) in [4.78, 5) is 25.5. The zero-order valence-electron chi connectivity index (χ0n) is 18.6. The molecular formula is C25H25ClN2O5. The monoisotopic (exact) mass is 468 g/mol. The molecule has 3 aromatic rings. The Kier molecular flexibility index (Phi) is 8.34. The minimum atomic E-state index is -0.693. The van der Waals surface area contributed by atoms with Gasteiger partial charge in [-0.3, -0.25) is 4.79 Å². The van der Waals surface area contributed by atoms with Crippen molar-refractivity contribution >= 4 is 34.3 Å². The Labute approximate surface area is 197 Å². The molecule has 0 saturated heterocycles. The molecule has 0 atom stereocenters. The summed E-state index contributed by atoms with van der Waals surface area (Å²) in [6.07, 6.45) is 2.81. The maximum absolute atomic E-state index is 12.9. The van der Waals surface area contributed by atoms with E-state index in [-0.39, 0.29) is 16.4 Å². The number of nitriles is 1. The zero-order valence-corrected chi connectivity index (χ0v) is 19.4. The van der Waals surface area contributed by atoms with Crippen molar-refractivity contribution in [3.05, 3.63) is 58.7 Å². The van der Waals surface area contributed by atoms with E-state index in [1.165, 1.54) is 12.1 Å². The lowest BCUT2D eigenvalue weighted by molar-refractivity contribution is 0.0474. The van der Waals surface area contributed by atoms with Crippen LogP contribution in [-0.2, 0) is 11.3 Å². The molecule has 0 radical (unpaired) electrons. The molecule has 3 rings (SSSR count). The van der Waals surface area contributed by atoms with Crippen molar-refractivity contribution in [2.75, 3.05) is 19.8 Å². The van der Waals surface area contributed by atoms with E-state index in [1.807, 2.05) is 42.7 Å². The van der Waals surface area contributed by atoms with E-state index < -0.39 is 12.6 Å². The average Bonchev–Trinajstić information content (AvgIpc) is 3.19. The molecule has 172 valence electrons. The van der Waals surface area contributed by atoms with Gasteiger partial charge in [0.25, 0.3) is 0 Å². The Morgan fingerprint density at radius 2 is 1.94 bits per heavy atom. The highest BCUT2D eigenvalue weighted by molar-refractivity contribution is 6.32. The Morgan fingerprint density at radius 3 is 2.67 bits per heavy atom. The summed E-state index contributed by atoms with van der Waals surface area (Å²) in [7, 11) is 0. The molecule has 0 bridgehead atoms. The number of hydrogen-bond acceptors (Lipinski definition) is 6. The van der Waals surface area contributed by atoms with Gasteiger partial charge in [-0.1, -0.05) is 36.7 Å². The molecule has 0 spiro atoms. The molecular weight excluding hydrogens is 444 g/mol. The van der Waals surface area contributed by atoms with E-state index in [2.05, 4.69) is 6.07 Å². The summed E-state index contributed by atoms with van der Waals surface area (Å²) in [6.45, 7) is 4.65. The van der Waals surface area contributed by atoms with Gasteiger partial charge in [-0.05, 0) is 31.5 Å². The number of ketones is 1. The first-order valence-corrected chi connectivity index (χ1v) is 11.1. The van der Waals surface area contributed by atoms with Crippen molar-refractivity contribution < 1.29 is 23.8 Å². The molecule has 1 aromatic heterocycles. The number of rotatable bonds is 11. The standard InChI is InChI=1S/C25H25ClN2O5/c1-3-12-32-24-20(26)13-17(14-23(24)31-4-2)25(30)33-16-22(29)19-15-28(11-7-10-27)21-9-6-5-8-18(19)21/h5-6,8-9,13-15H,3-4,7,11-12,16H2,1-2H3. The van der Waals surface area contributed by atoms with Gasteiger partial charge in [-0.2, -0.15) is 5.26 Å². The van der Waals surface area contributed by atoms with Crippen LogP contribution in [0.3, 0.4) is 0 Å². The largest absolute Gasteiger partial charge is 0.490 e. The first kappa shape index (κ1) is 24.1. The fraction of sp³-hybridized carbons (Fsp3) is 0.320. The van der Waals surface area contributed by atoms with E-state index in [1.54, 1.807) is 6.20 Å². The number of ether oxygens (including phenoxy) is 3. The summed E-state index contributed by atoms with van der Waals surface area (Å²) >= 11 is 6.31. The summed E-state index contributed by atoms with van der Waals surface area (Å²) in [5.74, 6) is -0.314. The van der Waals surface area contributed by atoms with Crippen LogP contribution in [0.1, 0.15) is 47.4 Å². The van der Waals surface area contributed by atoms with Crippen molar-refractivity contribution in [1.29, 1.82) is 5.26 Å². The molecule has 0 saturated carbocycles. The lowest BCUT2D eigenvalue weighted by Gasteiger charge is -2.14. The Morgan fingerprint density at radius 1 is 1.15 bits per heavy atom. The third kappa shape index (κ3) is 5.65. The Bertz CT molecular complexity index is 1200. The number of aryl methyl sites for hydroxylation is 1. The first-order valence-electron chi connectivity index (χ1n) is 10.7. The highest BCUT2D eigenvalue weighted by Crippen LogP contribution is 2.37. The van der Waals surface area contributed by atoms with Crippen LogP contribution in [0.25, 0.3) is 10.9 Å². The number of nitrogens with zero attached hydrogens (tertiary/aromatic N) is 2. The average molecular weight is 469 g/mol. The highest BCUT2D eigenvalue weighted by atomic mass is 35.5. The number of halogens is 1.